The molecule has 3 nitrogen and oxygen atoms in total. The highest BCUT2D eigenvalue weighted by atomic mass is 32.2. The lowest BCUT2D eigenvalue weighted by Crippen LogP contribution is -2.07. The van der Waals surface area contributed by atoms with Crippen LogP contribution in [0.1, 0.15) is 13.8 Å². The Morgan fingerprint density at radius 3 is 2.94 bits per heavy atom. The number of aromatic nitrogens is 2. The molecule has 0 aliphatic carbocycles. The van der Waals surface area contributed by atoms with Gasteiger partial charge in [-0.15, -0.1) is 11.8 Å². The quantitative estimate of drug-likeness (QED) is 0.825. The number of nitrogens with one attached hydrogen (secondary N) is 1. The van der Waals surface area contributed by atoms with Crippen LogP contribution in [0.5, 0.6) is 0 Å². The molecule has 2 aromatic rings. The Kier molecular flexibility index (Phi) is 4.31. The highest BCUT2D eigenvalue weighted by Gasteiger charge is 2.05. The first kappa shape index (κ1) is 13.0. The van der Waals surface area contributed by atoms with E-state index in [1.54, 1.807) is 11.8 Å². The zero-order valence-corrected chi connectivity index (χ0v) is 11.9. The van der Waals surface area contributed by atoms with E-state index in [-0.39, 0.29) is 0 Å². The van der Waals surface area contributed by atoms with Crippen LogP contribution in [-0.2, 0) is 6.54 Å². The fraction of sp³-hybridized carbons (Fsp3) is 0.357. The van der Waals surface area contributed by atoms with Crippen LogP contribution in [-0.4, -0.2) is 15.8 Å². The van der Waals surface area contributed by atoms with Gasteiger partial charge in [-0.2, -0.15) is 0 Å². The van der Waals surface area contributed by atoms with Gasteiger partial charge in [-0.3, -0.25) is 0 Å². The van der Waals surface area contributed by atoms with Crippen molar-refractivity contribution in [2.45, 2.75) is 25.3 Å². The molecule has 0 radical (unpaired) electrons. The monoisotopic (exact) mass is 261 g/mol. The maximum Gasteiger partial charge on any atom is 0.207 e. The van der Waals surface area contributed by atoms with E-state index in [0.717, 1.165) is 18.2 Å². The minimum atomic E-state index is 0.609. The van der Waals surface area contributed by atoms with Gasteiger partial charge >= 0.3 is 0 Å². The molecule has 1 aromatic heterocycles. The molecule has 0 spiro atoms. The molecule has 18 heavy (non-hydrogen) atoms. The minimum Gasteiger partial charge on any atom is -0.326 e. The van der Waals surface area contributed by atoms with E-state index in [9.17, 15) is 0 Å². The third-order valence-corrected chi connectivity index (χ3v) is 3.33. The molecule has 0 atom stereocenters. The summed E-state index contributed by atoms with van der Waals surface area (Å²) in [7, 11) is 0. The van der Waals surface area contributed by atoms with Gasteiger partial charge in [0.1, 0.15) is 0 Å². The predicted octanol–water partition coefficient (Wildman–Crippen LogP) is 4.00. The van der Waals surface area contributed by atoms with Crippen LogP contribution >= 0.6 is 11.8 Å². The summed E-state index contributed by atoms with van der Waals surface area (Å²) in [6, 6.07) is 8.37. The van der Waals surface area contributed by atoms with E-state index >= 15 is 0 Å². The number of benzene rings is 1. The van der Waals surface area contributed by atoms with E-state index in [0.29, 0.717) is 5.92 Å². The number of imidazole rings is 1. The smallest absolute Gasteiger partial charge is 0.207 e. The second-order valence-corrected chi connectivity index (χ2v) is 5.53. The summed E-state index contributed by atoms with van der Waals surface area (Å²) in [4.78, 5) is 5.62. The van der Waals surface area contributed by atoms with Gasteiger partial charge < -0.3 is 9.88 Å². The molecule has 1 heterocycles. The largest absolute Gasteiger partial charge is 0.326 e. The normalized spacial score (nSPS) is 10.9. The highest BCUT2D eigenvalue weighted by molar-refractivity contribution is 7.98. The summed E-state index contributed by atoms with van der Waals surface area (Å²) >= 11 is 1.74. The van der Waals surface area contributed by atoms with Gasteiger partial charge in [-0.05, 0) is 30.4 Å². The van der Waals surface area contributed by atoms with Crippen LogP contribution in [0.15, 0.2) is 41.6 Å². The maximum absolute atomic E-state index is 4.37. The van der Waals surface area contributed by atoms with E-state index in [1.807, 2.05) is 12.4 Å². The summed E-state index contributed by atoms with van der Waals surface area (Å²) in [6.45, 7) is 5.39. The summed E-state index contributed by atoms with van der Waals surface area (Å²) in [6.07, 6.45) is 5.93. The molecule has 0 aliphatic rings. The van der Waals surface area contributed by atoms with Crippen LogP contribution in [0.2, 0.25) is 0 Å². The molecule has 0 amide bonds. The second-order valence-electron chi connectivity index (χ2n) is 4.65. The summed E-state index contributed by atoms with van der Waals surface area (Å²) in [5, 5.41) is 3.37. The van der Waals surface area contributed by atoms with Crippen molar-refractivity contribution in [3.05, 3.63) is 36.7 Å². The molecule has 0 aliphatic heterocycles. The molecular weight excluding hydrogens is 242 g/mol. The first-order chi connectivity index (χ1) is 8.69. The van der Waals surface area contributed by atoms with Gasteiger partial charge in [0.05, 0.1) is 0 Å². The summed E-state index contributed by atoms with van der Waals surface area (Å²) < 4.78 is 2.15. The lowest BCUT2D eigenvalue weighted by molar-refractivity contribution is 0.527. The molecule has 0 fully saturated rings. The Bertz CT molecular complexity index is 505. The maximum atomic E-state index is 4.37. The molecule has 0 bridgehead atoms. The molecular formula is C14H19N3S. The number of hydrogen-bond donors (Lipinski definition) is 1. The minimum absolute atomic E-state index is 0.609. The van der Waals surface area contributed by atoms with Crippen LogP contribution in [0, 0.1) is 5.92 Å². The van der Waals surface area contributed by atoms with Gasteiger partial charge in [-0.25, -0.2) is 4.98 Å². The van der Waals surface area contributed by atoms with Gasteiger partial charge in [0.2, 0.25) is 5.95 Å². The first-order valence-corrected chi connectivity index (χ1v) is 7.33. The lowest BCUT2D eigenvalue weighted by Gasteiger charge is -2.12. The van der Waals surface area contributed by atoms with Crippen molar-refractivity contribution in [1.82, 2.24) is 9.55 Å². The van der Waals surface area contributed by atoms with Crippen LogP contribution in [0.4, 0.5) is 11.6 Å². The van der Waals surface area contributed by atoms with Crippen molar-refractivity contribution in [2.24, 2.45) is 5.92 Å². The highest BCUT2D eigenvalue weighted by Crippen LogP contribution is 2.21. The second kappa shape index (κ2) is 5.96. The van der Waals surface area contributed by atoms with E-state index in [1.165, 1.54) is 4.90 Å². The third-order valence-electron chi connectivity index (χ3n) is 2.60. The number of nitrogens with zero attached hydrogens (tertiary/aromatic N) is 2. The van der Waals surface area contributed by atoms with E-state index in [4.69, 9.17) is 0 Å². The van der Waals surface area contributed by atoms with Gasteiger partial charge in [-0.1, -0.05) is 19.9 Å². The Morgan fingerprint density at radius 2 is 2.22 bits per heavy atom. The van der Waals surface area contributed by atoms with Gasteiger partial charge in [0.25, 0.3) is 0 Å². The predicted molar refractivity (Wildman–Crippen MR) is 78.6 cm³/mol. The lowest BCUT2D eigenvalue weighted by atomic mass is 10.2. The van der Waals surface area contributed by atoms with Crippen molar-refractivity contribution in [3.63, 3.8) is 0 Å². The van der Waals surface area contributed by atoms with Gasteiger partial charge in [0, 0.05) is 29.5 Å². The topological polar surface area (TPSA) is 29.9 Å². The number of anilines is 2. The summed E-state index contributed by atoms with van der Waals surface area (Å²) in [5.41, 5.74) is 1.08. The molecule has 0 saturated carbocycles. The molecule has 0 saturated heterocycles. The fourth-order valence-electron chi connectivity index (χ4n) is 1.80. The Morgan fingerprint density at radius 1 is 1.39 bits per heavy atom. The SMILES string of the molecule is CSc1cccc(Nc2nccn2CC(C)C)c1. The van der Waals surface area contributed by atoms with Crippen molar-refractivity contribution < 1.29 is 0 Å². The number of thioether (sulfide) groups is 1. The Balaban J connectivity index is 2.15. The number of hydrogen-bond acceptors (Lipinski definition) is 3. The fourth-order valence-corrected chi connectivity index (χ4v) is 2.26. The first-order valence-electron chi connectivity index (χ1n) is 6.11. The molecule has 96 valence electrons. The van der Waals surface area contributed by atoms with Crippen LogP contribution < -0.4 is 5.32 Å². The van der Waals surface area contributed by atoms with Crippen molar-refractivity contribution in [2.75, 3.05) is 11.6 Å². The standard InChI is InChI=1S/C14H19N3S/c1-11(2)10-17-8-7-15-14(17)16-12-5-4-6-13(9-12)18-3/h4-9,11H,10H2,1-3H3,(H,15,16). The van der Waals surface area contributed by atoms with Crippen molar-refractivity contribution in [1.29, 1.82) is 0 Å². The molecule has 4 heteroatoms. The Labute approximate surface area is 113 Å². The average Bonchev–Trinajstić information content (AvgIpc) is 2.76. The molecule has 2 rings (SSSR count). The van der Waals surface area contributed by atoms with Crippen molar-refractivity contribution >= 4 is 23.4 Å². The number of rotatable bonds is 5. The zero-order chi connectivity index (χ0) is 13.0. The molecule has 0 unspecified atom stereocenters. The molecule has 1 aromatic carbocycles. The Hall–Kier alpha value is -1.42. The third kappa shape index (κ3) is 3.29. The average molecular weight is 261 g/mol. The molecule has 1 N–H and O–H groups in total. The van der Waals surface area contributed by atoms with E-state index in [2.05, 4.69) is 59.2 Å². The summed E-state index contributed by atoms with van der Waals surface area (Å²) in [5.74, 6) is 1.51. The van der Waals surface area contributed by atoms with Crippen LogP contribution in [0.25, 0.3) is 0 Å². The van der Waals surface area contributed by atoms with Gasteiger partial charge in [0.15, 0.2) is 0 Å². The van der Waals surface area contributed by atoms with Crippen LogP contribution in [0.3, 0.4) is 0 Å². The van der Waals surface area contributed by atoms with Crippen molar-refractivity contribution in [3.8, 4) is 0 Å². The zero-order valence-electron chi connectivity index (χ0n) is 11.1. The van der Waals surface area contributed by atoms with E-state index < -0.39 is 0 Å².